The second-order valence-corrected chi connectivity index (χ2v) is 9.30. The lowest BCUT2D eigenvalue weighted by Crippen LogP contribution is -2.38. The van der Waals surface area contributed by atoms with Crippen molar-refractivity contribution < 1.29 is 4.79 Å². The molecule has 5 nitrogen and oxygen atoms in total. The smallest absolute Gasteiger partial charge is 0.319 e. The number of anilines is 1. The number of carbonyl (C=O) groups is 1. The number of hydrogen-bond donors (Lipinski definition) is 3. The van der Waals surface area contributed by atoms with Gasteiger partial charge in [0.1, 0.15) is 0 Å². The SMILES string of the molecule is CC[C@H](CNC(=O)Nc1cc(C)nc2ccccc12)C(=N)C(Cc1ccccc1)Cc1ccccc1. The zero-order valence-corrected chi connectivity index (χ0v) is 21.0. The number of benzene rings is 3. The van der Waals surface area contributed by atoms with E-state index in [0.29, 0.717) is 12.3 Å². The van der Waals surface area contributed by atoms with Gasteiger partial charge in [0.15, 0.2) is 0 Å². The van der Waals surface area contributed by atoms with Crippen molar-refractivity contribution in [2.75, 3.05) is 11.9 Å². The maximum absolute atomic E-state index is 12.8. The third-order valence-corrected chi connectivity index (χ3v) is 6.62. The number of aryl methyl sites for hydroxylation is 1. The minimum absolute atomic E-state index is 0.0379. The number of rotatable bonds is 10. The number of aromatic nitrogens is 1. The number of nitrogens with zero attached hydrogens (tertiary/aromatic N) is 1. The molecule has 1 heterocycles. The first-order valence-electron chi connectivity index (χ1n) is 12.6. The van der Waals surface area contributed by atoms with Gasteiger partial charge < -0.3 is 16.0 Å². The van der Waals surface area contributed by atoms with Crippen molar-refractivity contribution in [2.24, 2.45) is 11.8 Å². The van der Waals surface area contributed by atoms with E-state index < -0.39 is 0 Å². The molecule has 0 fully saturated rings. The van der Waals surface area contributed by atoms with Crippen LogP contribution in [0.4, 0.5) is 10.5 Å². The second-order valence-electron chi connectivity index (χ2n) is 9.30. The van der Waals surface area contributed by atoms with E-state index in [1.807, 2.05) is 73.7 Å². The standard InChI is InChI=1S/C31H34N4O/c1-3-25(21-33-31(36)35-29-18-22(2)34-28-17-11-10-16-27(28)29)30(32)26(19-23-12-6-4-7-13-23)20-24-14-8-5-9-15-24/h4-18,25-26,32H,3,19-21H2,1-2H3,(H2,33,34,35,36)/t25-/m1/s1. The predicted octanol–water partition coefficient (Wildman–Crippen LogP) is 6.81. The monoisotopic (exact) mass is 478 g/mol. The Hall–Kier alpha value is -3.99. The highest BCUT2D eigenvalue weighted by Gasteiger charge is 2.23. The summed E-state index contributed by atoms with van der Waals surface area (Å²) in [6.45, 7) is 4.42. The molecule has 0 unspecified atom stereocenters. The molecule has 4 rings (SSSR count). The molecule has 1 aromatic heterocycles. The molecule has 184 valence electrons. The van der Waals surface area contributed by atoms with Crippen LogP contribution in [0.25, 0.3) is 10.9 Å². The van der Waals surface area contributed by atoms with Crippen molar-refractivity contribution >= 4 is 28.3 Å². The van der Waals surface area contributed by atoms with Gasteiger partial charge in [-0.3, -0.25) is 4.98 Å². The summed E-state index contributed by atoms with van der Waals surface area (Å²) in [4.78, 5) is 17.4. The first-order valence-corrected chi connectivity index (χ1v) is 12.6. The lowest BCUT2D eigenvalue weighted by atomic mass is 9.82. The van der Waals surface area contributed by atoms with E-state index in [-0.39, 0.29) is 17.9 Å². The molecule has 0 saturated carbocycles. The molecular formula is C31H34N4O. The van der Waals surface area contributed by atoms with Crippen LogP contribution in [0.2, 0.25) is 0 Å². The van der Waals surface area contributed by atoms with Gasteiger partial charge in [-0.1, -0.05) is 85.8 Å². The molecule has 2 amide bonds. The summed E-state index contributed by atoms with van der Waals surface area (Å²) in [5.41, 5.74) is 5.58. The number of pyridine rings is 1. The summed E-state index contributed by atoms with van der Waals surface area (Å²) in [7, 11) is 0. The van der Waals surface area contributed by atoms with Gasteiger partial charge in [-0.15, -0.1) is 0 Å². The Bertz CT molecular complexity index is 1260. The average molecular weight is 479 g/mol. The maximum Gasteiger partial charge on any atom is 0.319 e. The summed E-state index contributed by atoms with van der Waals surface area (Å²) in [5.74, 6) is 0.0282. The number of urea groups is 1. The van der Waals surface area contributed by atoms with Gasteiger partial charge in [0.05, 0.1) is 11.2 Å². The Morgan fingerprint density at radius 1 is 0.861 bits per heavy atom. The molecular weight excluding hydrogens is 444 g/mol. The lowest BCUT2D eigenvalue weighted by Gasteiger charge is -2.25. The molecule has 0 aliphatic carbocycles. The number of nitrogens with one attached hydrogen (secondary N) is 3. The fourth-order valence-electron chi connectivity index (χ4n) is 4.69. The van der Waals surface area contributed by atoms with E-state index in [2.05, 4.69) is 46.8 Å². The van der Waals surface area contributed by atoms with Crippen LogP contribution in [0.5, 0.6) is 0 Å². The number of amides is 2. The maximum atomic E-state index is 12.8. The predicted molar refractivity (Wildman–Crippen MR) is 149 cm³/mol. The Morgan fingerprint density at radius 2 is 1.44 bits per heavy atom. The van der Waals surface area contributed by atoms with Gasteiger partial charge in [-0.25, -0.2) is 4.79 Å². The Morgan fingerprint density at radius 3 is 2.06 bits per heavy atom. The lowest BCUT2D eigenvalue weighted by molar-refractivity contribution is 0.251. The molecule has 4 aromatic rings. The number of fused-ring (bicyclic) bond motifs is 1. The highest BCUT2D eigenvalue weighted by Crippen LogP contribution is 2.24. The molecule has 0 aliphatic heterocycles. The van der Waals surface area contributed by atoms with Gasteiger partial charge in [0, 0.05) is 35.2 Å². The normalized spacial score (nSPS) is 11.9. The average Bonchev–Trinajstić information content (AvgIpc) is 2.89. The highest BCUT2D eigenvalue weighted by molar-refractivity contribution is 6.00. The van der Waals surface area contributed by atoms with Crippen molar-refractivity contribution in [1.82, 2.24) is 10.3 Å². The van der Waals surface area contributed by atoms with Crippen LogP contribution in [0.15, 0.2) is 91.0 Å². The summed E-state index contributed by atoms with van der Waals surface area (Å²) >= 11 is 0. The molecule has 1 atom stereocenters. The van der Waals surface area contributed by atoms with Gasteiger partial charge in [-0.05, 0) is 49.4 Å². The van der Waals surface area contributed by atoms with E-state index in [4.69, 9.17) is 5.41 Å². The topological polar surface area (TPSA) is 77.9 Å². The van der Waals surface area contributed by atoms with E-state index in [1.54, 1.807) is 0 Å². The first kappa shape index (κ1) is 25.1. The largest absolute Gasteiger partial charge is 0.337 e. The van der Waals surface area contributed by atoms with Crippen LogP contribution in [0, 0.1) is 24.2 Å². The van der Waals surface area contributed by atoms with Crippen molar-refractivity contribution in [3.63, 3.8) is 0 Å². The van der Waals surface area contributed by atoms with E-state index >= 15 is 0 Å². The molecule has 0 aliphatic rings. The van der Waals surface area contributed by atoms with Crippen LogP contribution in [0.3, 0.4) is 0 Å². The van der Waals surface area contributed by atoms with Gasteiger partial charge in [-0.2, -0.15) is 0 Å². The van der Waals surface area contributed by atoms with Crippen LogP contribution < -0.4 is 10.6 Å². The summed E-state index contributed by atoms with van der Waals surface area (Å²) in [6.07, 6.45) is 2.40. The minimum Gasteiger partial charge on any atom is -0.337 e. The highest BCUT2D eigenvalue weighted by atomic mass is 16.2. The van der Waals surface area contributed by atoms with E-state index in [9.17, 15) is 4.79 Å². The quantitative estimate of drug-likeness (QED) is 0.219. The molecule has 0 bridgehead atoms. The molecule has 0 radical (unpaired) electrons. The van der Waals surface area contributed by atoms with Gasteiger partial charge >= 0.3 is 6.03 Å². The fraction of sp³-hybridized carbons (Fsp3) is 0.258. The zero-order valence-electron chi connectivity index (χ0n) is 21.0. The Labute approximate surface area is 213 Å². The Balaban J connectivity index is 1.44. The van der Waals surface area contributed by atoms with Crippen LogP contribution in [-0.2, 0) is 12.8 Å². The fourth-order valence-corrected chi connectivity index (χ4v) is 4.69. The summed E-state index contributed by atoms with van der Waals surface area (Å²) in [5, 5.41) is 16.0. The molecule has 36 heavy (non-hydrogen) atoms. The third kappa shape index (κ3) is 6.57. The molecule has 3 N–H and O–H groups in total. The number of para-hydroxylation sites is 1. The van der Waals surface area contributed by atoms with Crippen LogP contribution in [-0.4, -0.2) is 23.3 Å². The van der Waals surface area contributed by atoms with E-state index in [0.717, 1.165) is 41.5 Å². The zero-order chi connectivity index (χ0) is 25.3. The number of hydrogen-bond acceptors (Lipinski definition) is 3. The first-order chi connectivity index (χ1) is 17.5. The second kappa shape index (κ2) is 12.1. The summed E-state index contributed by atoms with van der Waals surface area (Å²) < 4.78 is 0. The van der Waals surface area contributed by atoms with Crippen molar-refractivity contribution in [3.8, 4) is 0 Å². The molecule has 0 saturated heterocycles. The van der Waals surface area contributed by atoms with Gasteiger partial charge in [0.2, 0.25) is 0 Å². The summed E-state index contributed by atoms with van der Waals surface area (Å²) in [6, 6.07) is 30.1. The van der Waals surface area contributed by atoms with Crippen LogP contribution >= 0.6 is 0 Å². The number of carbonyl (C=O) groups excluding carboxylic acids is 1. The molecule has 5 heteroatoms. The van der Waals surface area contributed by atoms with Crippen LogP contribution in [0.1, 0.15) is 30.2 Å². The third-order valence-electron chi connectivity index (χ3n) is 6.62. The van der Waals surface area contributed by atoms with E-state index in [1.165, 1.54) is 11.1 Å². The van der Waals surface area contributed by atoms with Gasteiger partial charge in [0.25, 0.3) is 0 Å². The van der Waals surface area contributed by atoms with Crippen molar-refractivity contribution in [3.05, 3.63) is 108 Å². The molecule has 0 spiro atoms. The minimum atomic E-state index is -0.264. The Kier molecular flexibility index (Phi) is 8.45. The van der Waals surface area contributed by atoms with Crippen molar-refractivity contribution in [1.29, 1.82) is 5.41 Å². The van der Waals surface area contributed by atoms with Crippen molar-refractivity contribution in [2.45, 2.75) is 33.1 Å². The molecule has 3 aromatic carbocycles.